The molecule has 0 spiro atoms. The van der Waals surface area contributed by atoms with Crippen molar-refractivity contribution in [3.8, 4) is 5.75 Å². The first-order valence-electron chi connectivity index (χ1n) is 9.41. The van der Waals surface area contributed by atoms with Gasteiger partial charge in [0.05, 0.1) is 23.8 Å². The van der Waals surface area contributed by atoms with Gasteiger partial charge in [-0.15, -0.1) is 0 Å². The molecule has 0 unspecified atom stereocenters. The maximum Gasteiger partial charge on any atom is 0.255 e. The van der Waals surface area contributed by atoms with Gasteiger partial charge in [-0.1, -0.05) is 23.4 Å². The summed E-state index contributed by atoms with van der Waals surface area (Å²) in [5.41, 5.74) is 3.08. The van der Waals surface area contributed by atoms with Crippen molar-refractivity contribution in [2.75, 3.05) is 6.54 Å². The predicted octanol–water partition coefficient (Wildman–Crippen LogP) is 3.40. The molecule has 0 saturated carbocycles. The van der Waals surface area contributed by atoms with Crippen molar-refractivity contribution in [2.24, 2.45) is 0 Å². The number of aromatic nitrogens is 3. The molecule has 1 aliphatic heterocycles. The van der Waals surface area contributed by atoms with Crippen molar-refractivity contribution >= 4 is 16.8 Å². The third kappa shape index (κ3) is 3.42. The highest BCUT2D eigenvalue weighted by atomic mass is 16.5. The van der Waals surface area contributed by atoms with E-state index in [1.54, 1.807) is 23.5 Å². The molecule has 0 bridgehead atoms. The maximum atomic E-state index is 13.1. The second-order valence-electron chi connectivity index (χ2n) is 6.90. The van der Waals surface area contributed by atoms with Crippen LogP contribution in [0.1, 0.15) is 27.4 Å². The van der Waals surface area contributed by atoms with Crippen LogP contribution < -0.4 is 4.74 Å². The molecule has 5 rings (SSSR count). The molecular formula is C22H18N4O3. The Hall–Kier alpha value is -3.74. The number of para-hydroxylation sites is 1. The van der Waals surface area contributed by atoms with Crippen LogP contribution in [0, 0.1) is 0 Å². The minimum atomic E-state index is -0.0470. The van der Waals surface area contributed by atoms with E-state index >= 15 is 0 Å². The first-order valence-corrected chi connectivity index (χ1v) is 9.41. The third-order valence-corrected chi connectivity index (χ3v) is 5.04. The summed E-state index contributed by atoms with van der Waals surface area (Å²) in [4.78, 5) is 23.3. The molecule has 4 aromatic rings. The zero-order valence-electron chi connectivity index (χ0n) is 15.6. The van der Waals surface area contributed by atoms with E-state index in [0.717, 1.165) is 22.2 Å². The number of fused-ring (bicyclic) bond motifs is 2. The predicted molar refractivity (Wildman–Crippen MR) is 105 cm³/mol. The van der Waals surface area contributed by atoms with Crippen molar-refractivity contribution in [3.05, 3.63) is 83.6 Å². The number of hydrogen-bond donors (Lipinski definition) is 0. The molecule has 0 aliphatic carbocycles. The number of hydrogen-bond acceptors (Lipinski definition) is 6. The summed E-state index contributed by atoms with van der Waals surface area (Å²) in [5, 5.41) is 5.10. The number of amides is 1. The molecule has 7 heteroatoms. The van der Waals surface area contributed by atoms with Crippen molar-refractivity contribution in [2.45, 2.75) is 19.6 Å². The second-order valence-corrected chi connectivity index (χ2v) is 6.90. The van der Waals surface area contributed by atoms with Crippen LogP contribution in [0.4, 0.5) is 0 Å². The summed E-state index contributed by atoms with van der Waals surface area (Å²) in [5.74, 6) is 1.43. The van der Waals surface area contributed by atoms with Gasteiger partial charge >= 0.3 is 0 Å². The van der Waals surface area contributed by atoms with E-state index in [9.17, 15) is 4.79 Å². The zero-order chi connectivity index (χ0) is 19.6. The monoisotopic (exact) mass is 386 g/mol. The van der Waals surface area contributed by atoms with Crippen LogP contribution in [0.25, 0.3) is 10.9 Å². The minimum absolute atomic E-state index is 0.0470. The maximum absolute atomic E-state index is 13.1. The number of nitrogens with zero attached hydrogens (tertiary/aromatic N) is 4. The summed E-state index contributed by atoms with van der Waals surface area (Å²) in [7, 11) is 0. The average Bonchev–Trinajstić information content (AvgIpc) is 3.20. The molecule has 1 aliphatic rings. The van der Waals surface area contributed by atoms with Gasteiger partial charge in [0.2, 0.25) is 0 Å². The van der Waals surface area contributed by atoms with E-state index in [1.807, 2.05) is 42.5 Å². The van der Waals surface area contributed by atoms with Crippen LogP contribution in [-0.2, 0) is 19.6 Å². The Morgan fingerprint density at radius 3 is 3.00 bits per heavy atom. The Morgan fingerprint density at radius 2 is 2.10 bits per heavy atom. The molecule has 29 heavy (non-hydrogen) atoms. The lowest BCUT2D eigenvalue weighted by Crippen LogP contribution is -2.36. The summed E-state index contributed by atoms with van der Waals surface area (Å²) < 4.78 is 11.2. The number of ether oxygens (including phenoxy) is 1. The van der Waals surface area contributed by atoms with Crippen LogP contribution >= 0.6 is 0 Å². The highest BCUT2D eigenvalue weighted by Crippen LogP contribution is 2.25. The minimum Gasteiger partial charge on any atom is -0.486 e. The highest BCUT2D eigenvalue weighted by molar-refractivity contribution is 5.97. The molecule has 1 amide bonds. The zero-order valence-corrected chi connectivity index (χ0v) is 15.6. The fourth-order valence-electron chi connectivity index (χ4n) is 3.51. The molecule has 7 nitrogen and oxygen atoms in total. The van der Waals surface area contributed by atoms with Gasteiger partial charge < -0.3 is 14.2 Å². The van der Waals surface area contributed by atoms with Gasteiger partial charge in [-0.3, -0.25) is 14.8 Å². The molecule has 144 valence electrons. The molecule has 1 aromatic carbocycles. The van der Waals surface area contributed by atoms with Crippen molar-refractivity contribution in [1.82, 2.24) is 20.0 Å². The number of carbonyl (C=O) groups excluding carboxylic acids is 1. The molecule has 3 aromatic heterocycles. The number of benzene rings is 1. The van der Waals surface area contributed by atoms with Gasteiger partial charge in [-0.2, -0.15) is 0 Å². The van der Waals surface area contributed by atoms with Crippen molar-refractivity contribution < 1.29 is 14.1 Å². The Labute approximate surface area is 166 Å². The van der Waals surface area contributed by atoms with Crippen LogP contribution in [0.15, 0.2) is 65.6 Å². The van der Waals surface area contributed by atoms with E-state index in [4.69, 9.17) is 9.26 Å². The van der Waals surface area contributed by atoms with Crippen LogP contribution in [0.3, 0.4) is 0 Å². The SMILES string of the molecule is O=C(c1cnc2ccccc2c1)N1CCc2onc(COc3cccnc3)c2C1. The summed E-state index contributed by atoms with van der Waals surface area (Å²) in [6, 6.07) is 13.3. The van der Waals surface area contributed by atoms with Gasteiger partial charge in [-0.25, -0.2) is 0 Å². The van der Waals surface area contributed by atoms with E-state index in [1.165, 1.54) is 0 Å². The average molecular weight is 386 g/mol. The number of carbonyl (C=O) groups is 1. The smallest absolute Gasteiger partial charge is 0.255 e. The molecular weight excluding hydrogens is 368 g/mol. The van der Waals surface area contributed by atoms with E-state index in [0.29, 0.717) is 36.5 Å². The number of rotatable bonds is 4. The standard InChI is InChI=1S/C22H18N4O3/c27-22(16-10-15-4-1-2-6-19(15)24-11-16)26-9-7-21-18(13-26)20(25-29-21)14-28-17-5-3-8-23-12-17/h1-6,8,10-12H,7,9,13-14H2. The number of pyridine rings is 2. The summed E-state index contributed by atoms with van der Waals surface area (Å²) >= 11 is 0. The second kappa shape index (κ2) is 7.35. The highest BCUT2D eigenvalue weighted by Gasteiger charge is 2.28. The van der Waals surface area contributed by atoms with Gasteiger partial charge in [0.1, 0.15) is 23.8 Å². The molecule has 0 saturated heterocycles. The lowest BCUT2D eigenvalue weighted by Gasteiger charge is -2.26. The summed E-state index contributed by atoms with van der Waals surface area (Å²) in [6.07, 6.45) is 5.60. The largest absolute Gasteiger partial charge is 0.486 e. The molecule has 0 radical (unpaired) electrons. The normalized spacial score (nSPS) is 13.3. The van der Waals surface area contributed by atoms with E-state index in [-0.39, 0.29) is 12.5 Å². The quantitative estimate of drug-likeness (QED) is 0.535. The Balaban J connectivity index is 1.34. The first kappa shape index (κ1) is 17.4. The Kier molecular flexibility index (Phi) is 4.40. The molecule has 4 heterocycles. The lowest BCUT2D eigenvalue weighted by atomic mass is 10.0. The van der Waals surface area contributed by atoms with Crippen molar-refractivity contribution in [1.29, 1.82) is 0 Å². The van der Waals surface area contributed by atoms with Crippen LogP contribution in [0.2, 0.25) is 0 Å². The Morgan fingerprint density at radius 1 is 1.17 bits per heavy atom. The fourth-order valence-corrected chi connectivity index (χ4v) is 3.51. The fraction of sp³-hybridized carbons (Fsp3) is 0.182. The molecule has 0 N–H and O–H groups in total. The van der Waals surface area contributed by atoms with Crippen LogP contribution in [0.5, 0.6) is 5.75 Å². The van der Waals surface area contributed by atoms with E-state index in [2.05, 4.69) is 15.1 Å². The van der Waals surface area contributed by atoms with Gasteiger partial charge in [0.15, 0.2) is 0 Å². The third-order valence-electron chi connectivity index (χ3n) is 5.04. The topological polar surface area (TPSA) is 81.4 Å². The van der Waals surface area contributed by atoms with Crippen LogP contribution in [-0.4, -0.2) is 32.5 Å². The lowest BCUT2D eigenvalue weighted by molar-refractivity contribution is 0.0728. The molecule has 0 atom stereocenters. The molecule has 0 fully saturated rings. The summed E-state index contributed by atoms with van der Waals surface area (Å²) in [6.45, 7) is 1.29. The van der Waals surface area contributed by atoms with E-state index < -0.39 is 0 Å². The van der Waals surface area contributed by atoms with Gasteiger partial charge in [0.25, 0.3) is 5.91 Å². The van der Waals surface area contributed by atoms with Gasteiger partial charge in [0, 0.05) is 36.3 Å². The van der Waals surface area contributed by atoms with Crippen molar-refractivity contribution in [3.63, 3.8) is 0 Å². The first-order chi connectivity index (χ1) is 14.3. The Bertz CT molecular complexity index is 1170. The van der Waals surface area contributed by atoms with Gasteiger partial charge in [-0.05, 0) is 24.3 Å².